The summed E-state index contributed by atoms with van der Waals surface area (Å²) in [5, 5.41) is 0. The van der Waals surface area contributed by atoms with E-state index < -0.39 is 0 Å². The van der Waals surface area contributed by atoms with Gasteiger partial charge in [0.05, 0.1) is 0 Å². The van der Waals surface area contributed by atoms with Gasteiger partial charge in [0.25, 0.3) is 0 Å². The molecule has 0 bridgehead atoms. The van der Waals surface area contributed by atoms with Gasteiger partial charge in [0.15, 0.2) is 0 Å². The molecule has 0 saturated heterocycles. The molecule has 0 atom stereocenters. The summed E-state index contributed by atoms with van der Waals surface area (Å²) >= 11 is 4.21. The molecule has 0 rings (SSSR count). The summed E-state index contributed by atoms with van der Waals surface area (Å²) in [6.07, 6.45) is 6.53. The van der Waals surface area contributed by atoms with Gasteiger partial charge in [0.1, 0.15) is 0 Å². The second-order valence-corrected chi connectivity index (χ2v) is 4.07. The molecule has 0 aromatic rings. The van der Waals surface area contributed by atoms with Crippen molar-refractivity contribution in [3.05, 3.63) is 0 Å². The van der Waals surface area contributed by atoms with Gasteiger partial charge in [0, 0.05) is 0 Å². The summed E-state index contributed by atoms with van der Waals surface area (Å²) in [5.41, 5.74) is 0. The van der Waals surface area contributed by atoms with Crippen molar-refractivity contribution >= 4 is 12.6 Å². The van der Waals surface area contributed by atoms with E-state index in [-0.39, 0.29) is 0 Å². The van der Waals surface area contributed by atoms with Crippen LogP contribution in [-0.4, -0.2) is 30.3 Å². The predicted molar refractivity (Wildman–Crippen MR) is 64.7 cm³/mol. The molecule has 0 heterocycles. The van der Waals surface area contributed by atoms with Gasteiger partial charge >= 0.3 is 0 Å². The molecule has 0 aliphatic carbocycles. The van der Waals surface area contributed by atoms with E-state index in [9.17, 15) is 0 Å². The molecule has 0 aliphatic heterocycles. The second-order valence-electron chi connectivity index (χ2n) is 3.63. The molecule has 0 saturated carbocycles. The van der Waals surface area contributed by atoms with Crippen LogP contribution >= 0.6 is 12.6 Å². The fourth-order valence-corrected chi connectivity index (χ4v) is 1.82. The van der Waals surface area contributed by atoms with Crippen LogP contribution < -0.4 is 0 Å². The molecule has 0 aliphatic rings. The van der Waals surface area contributed by atoms with E-state index in [1.54, 1.807) is 0 Å². The molecule has 0 aromatic carbocycles. The lowest BCUT2D eigenvalue weighted by molar-refractivity contribution is 0.269. The van der Waals surface area contributed by atoms with Crippen LogP contribution in [0.3, 0.4) is 0 Å². The van der Waals surface area contributed by atoms with Crippen LogP contribution in [-0.2, 0) is 0 Å². The Morgan fingerprint density at radius 3 is 1.92 bits per heavy atom. The van der Waals surface area contributed by atoms with Crippen LogP contribution in [0.25, 0.3) is 0 Å². The molecule has 0 aromatic heterocycles. The zero-order valence-corrected chi connectivity index (χ0v) is 10.2. The summed E-state index contributed by atoms with van der Waals surface area (Å²) < 4.78 is 0. The maximum Gasteiger partial charge on any atom is -0.00187 e. The Balaban J connectivity index is 3.33. The van der Waals surface area contributed by atoms with Crippen molar-refractivity contribution in [3.8, 4) is 0 Å². The number of unbranched alkanes of at least 4 members (excludes halogenated alkanes) is 2. The third-order valence-corrected chi connectivity index (χ3v) is 2.53. The summed E-state index contributed by atoms with van der Waals surface area (Å²) in [6, 6.07) is 0. The average Bonchev–Trinajstić information content (AvgIpc) is 2.13. The fraction of sp³-hybridized carbons (Fsp3) is 1.00. The van der Waals surface area contributed by atoms with E-state index in [0.29, 0.717) is 0 Å². The lowest BCUT2D eigenvalue weighted by Crippen LogP contribution is -2.26. The Kier molecular flexibility index (Phi) is 10.6. The molecule has 13 heavy (non-hydrogen) atoms. The maximum atomic E-state index is 4.21. The van der Waals surface area contributed by atoms with Gasteiger partial charge in [-0.25, -0.2) is 0 Å². The van der Waals surface area contributed by atoms with Crippen molar-refractivity contribution in [3.63, 3.8) is 0 Å². The standard InChI is InChI=1S/C11H25NS/c1-3-8-12(9-4-2)10-6-5-7-11-13/h13H,3-11H2,1-2H3. The number of thiol groups is 1. The Morgan fingerprint density at radius 1 is 0.846 bits per heavy atom. The van der Waals surface area contributed by atoms with Crippen molar-refractivity contribution < 1.29 is 0 Å². The Bertz CT molecular complexity index is 90.1. The third kappa shape index (κ3) is 8.63. The monoisotopic (exact) mass is 203 g/mol. The van der Waals surface area contributed by atoms with E-state index in [1.165, 1.54) is 51.7 Å². The van der Waals surface area contributed by atoms with Crippen LogP contribution in [0.15, 0.2) is 0 Å². The highest BCUT2D eigenvalue weighted by molar-refractivity contribution is 7.80. The van der Waals surface area contributed by atoms with Gasteiger partial charge in [-0.1, -0.05) is 20.3 Å². The largest absolute Gasteiger partial charge is 0.303 e. The molecule has 1 nitrogen and oxygen atoms in total. The fourth-order valence-electron chi connectivity index (χ4n) is 1.59. The molecule has 0 fully saturated rings. The second kappa shape index (κ2) is 10.4. The summed E-state index contributed by atoms with van der Waals surface area (Å²) in [4.78, 5) is 2.58. The SMILES string of the molecule is CCCN(CCC)CCCCCS. The van der Waals surface area contributed by atoms with Crippen molar-refractivity contribution in [1.82, 2.24) is 4.90 Å². The molecular weight excluding hydrogens is 178 g/mol. The van der Waals surface area contributed by atoms with Gasteiger partial charge in [-0.3, -0.25) is 0 Å². The lowest BCUT2D eigenvalue weighted by Gasteiger charge is -2.20. The molecule has 2 heteroatoms. The summed E-state index contributed by atoms with van der Waals surface area (Å²) in [7, 11) is 0. The van der Waals surface area contributed by atoms with Crippen LogP contribution in [0.1, 0.15) is 46.0 Å². The van der Waals surface area contributed by atoms with E-state index in [0.717, 1.165) is 5.75 Å². The first kappa shape index (κ1) is 13.3. The van der Waals surface area contributed by atoms with Crippen molar-refractivity contribution in [2.75, 3.05) is 25.4 Å². The smallest absolute Gasteiger partial charge is 0.00187 e. The van der Waals surface area contributed by atoms with E-state index in [1.807, 2.05) is 0 Å². The van der Waals surface area contributed by atoms with Crippen LogP contribution in [0.2, 0.25) is 0 Å². The normalized spacial score (nSPS) is 11.1. The Morgan fingerprint density at radius 2 is 1.46 bits per heavy atom. The molecule has 0 amide bonds. The molecule has 80 valence electrons. The van der Waals surface area contributed by atoms with Crippen LogP contribution in [0, 0.1) is 0 Å². The zero-order valence-electron chi connectivity index (χ0n) is 9.26. The lowest BCUT2D eigenvalue weighted by atomic mass is 10.2. The molecular formula is C11H25NS. The first-order valence-corrected chi connectivity index (χ1v) is 6.31. The maximum absolute atomic E-state index is 4.21. The number of nitrogens with zero attached hydrogens (tertiary/aromatic N) is 1. The average molecular weight is 203 g/mol. The molecule has 0 spiro atoms. The topological polar surface area (TPSA) is 3.24 Å². The third-order valence-electron chi connectivity index (χ3n) is 2.21. The van der Waals surface area contributed by atoms with Gasteiger partial charge in [-0.2, -0.15) is 12.6 Å². The quantitative estimate of drug-likeness (QED) is 0.445. The van der Waals surface area contributed by atoms with E-state index in [2.05, 4.69) is 31.4 Å². The first-order valence-electron chi connectivity index (χ1n) is 5.68. The minimum Gasteiger partial charge on any atom is -0.303 e. The molecule has 0 unspecified atom stereocenters. The highest BCUT2D eigenvalue weighted by Gasteiger charge is 2.00. The van der Waals surface area contributed by atoms with Crippen LogP contribution in [0.5, 0.6) is 0 Å². The molecule has 0 N–H and O–H groups in total. The molecule has 0 radical (unpaired) electrons. The highest BCUT2D eigenvalue weighted by atomic mass is 32.1. The number of hydrogen-bond acceptors (Lipinski definition) is 2. The van der Waals surface area contributed by atoms with Crippen LogP contribution in [0.4, 0.5) is 0 Å². The van der Waals surface area contributed by atoms with E-state index in [4.69, 9.17) is 0 Å². The summed E-state index contributed by atoms with van der Waals surface area (Å²) in [6.45, 7) is 8.35. The van der Waals surface area contributed by atoms with Gasteiger partial charge < -0.3 is 4.90 Å². The Labute approximate surface area is 89.3 Å². The van der Waals surface area contributed by atoms with E-state index >= 15 is 0 Å². The first-order chi connectivity index (χ1) is 6.35. The predicted octanol–water partition coefficient (Wildman–Crippen LogP) is 3.21. The minimum absolute atomic E-state index is 1.04. The van der Waals surface area contributed by atoms with Crippen molar-refractivity contribution in [2.24, 2.45) is 0 Å². The van der Waals surface area contributed by atoms with Gasteiger partial charge in [-0.15, -0.1) is 0 Å². The number of hydrogen-bond donors (Lipinski definition) is 1. The zero-order chi connectivity index (χ0) is 9.94. The van der Waals surface area contributed by atoms with Crippen molar-refractivity contribution in [1.29, 1.82) is 0 Å². The van der Waals surface area contributed by atoms with Crippen molar-refractivity contribution in [2.45, 2.75) is 46.0 Å². The highest BCUT2D eigenvalue weighted by Crippen LogP contribution is 2.01. The number of rotatable bonds is 9. The summed E-state index contributed by atoms with van der Waals surface area (Å²) in [5.74, 6) is 1.04. The van der Waals surface area contributed by atoms with Gasteiger partial charge in [-0.05, 0) is 51.1 Å². The Hall–Kier alpha value is 0.310. The van der Waals surface area contributed by atoms with Gasteiger partial charge in [0.2, 0.25) is 0 Å². The minimum atomic E-state index is 1.04.